The first-order valence-electron chi connectivity index (χ1n) is 8.22. The van der Waals surface area contributed by atoms with Crippen LogP contribution >= 0.6 is 0 Å². The van der Waals surface area contributed by atoms with Crippen molar-refractivity contribution in [1.82, 2.24) is 0 Å². The van der Waals surface area contributed by atoms with Crippen molar-refractivity contribution in [2.45, 2.75) is 38.9 Å². The molecular weight excluding hydrogens is 272 g/mol. The van der Waals surface area contributed by atoms with E-state index in [4.69, 9.17) is 9.47 Å². The Hall–Kier alpha value is -1.64. The van der Waals surface area contributed by atoms with Gasteiger partial charge in [0.05, 0.1) is 19.3 Å². The van der Waals surface area contributed by atoms with E-state index in [1.54, 1.807) is 0 Å². The Labute approximate surface area is 133 Å². The van der Waals surface area contributed by atoms with Gasteiger partial charge < -0.3 is 9.47 Å². The molecule has 1 saturated heterocycles. The second-order valence-corrected chi connectivity index (χ2v) is 5.86. The normalized spacial score (nSPS) is 21.7. The Morgan fingerprint density at radius 2 is 1.45 bits per heavy atom. The number of hydrogen-bond donors (Lipinski definition) is 0. The highest BCUT2D eigenvalue weighted by Crippen LogP contribution is 2.27. The lowest BCUT2D eigenvalue weighted by Gasteiger charge is -2.29. The molecule has 0 spiro atoms. The molecule has 116 valence electrons. The minimum atomic E-state index is 0.0688. The molecule has 0 aromatic heterocycles. The first-order valence-corrected chi connectivity index (χ1v) is 8.22. The summed E-state index contributed by atoms with van der Waals surface area (Å²) in [5.41, 5.74) is 5.08. The van der Waals surface area contributed by atoms with Gasteiger partial charge in [-0.15, -0.1) is 0 Å². The molecule has 3 rings (SSSR count). The van der Waals surface area contributed by atoms with E-state index < -0.39 is 0 Å². The third kappa shape index (κ3) is 3.40. The average Bonchev–Trinajstić information content (AvgIpc) is 2.62. The highest BCUT2D eigenvalue weighted by molar-refractivity contribution is 5.64. The number of ether oxygens (including phenoxy) is 2. The SMILES string of the molecule is CCc1ccc(-c2ccc([C@H]3CO[C@H](CC)CO3)cc2)cc1. The average molecular weight is 296 g/mol. The van der Waals surface area contributed by atoms with Gasteiger partial charge in [-0.05, 0) is 35.1 Å². The quantitative estimate of drug-likeness (QED) is 0.808. The van der Waals surface area contributed by atoms with E-state index in [1.807, 2.05) is 0 Å². The topological polar surface area (TPSA) is 18.5 Å². The van der Waals surface area contributed by atoms with Gasteiger partial charge in [-0.1, -0.05) is 62.4 Å². The summed E-state index contributed by atoms with van der Waals surface area (Å²) < 4.78 is 11.7. The third-order valence-corrected chi connectivity index (χ3v) is 4.40. The summed E-state index contributed by atoms with van der Waals surface area (Å²) in [5.74, 6) is 0. The zero-order valence-corrected chi connectivity index (χ0v) is 13.4. The van der Waals surface area contributed by atoms with Crippen LogP contribution in [0.3, 0.4) is 0 Å². The molecule has 0 N–H and O–H groups in total. The van der Waals surface area contributed by atoms with E-state index in [9.17, 15) is 0 Å². The van der Waals surface area contributed by atoms with Crippen molar-refractivity contribution >= 4 is 0 Å². The minimum Gasteiger partial charge on any atom is -0.373 e. The predicted octanol–water partition coefficient (Wildman–Crippen LogP) is 4.78. The fourth-order valence-electron chi connectivity index (χ4n) is 2.79. The number of aryl methyl sites for hydroxylation is 1. The first kappa shape index (κ1) is 15.3. The van der Waals surface area contributed by atoms with Gasteiger partial charge >= 0.3 is 0 Å². The molecule has 2 aromatic rings. The van der Waals surface area contributed by atoms with Crippen LogP contribution in [-0.2, 0) is 15.9 Å². The number of rotatable bonds is 4. The molecular formula is C20H24O2. The second kappa shape index (κ2) is 7.08. The molecule has 1 fully saturated rings. The molecule has 2 nitrogen and oxygen atoms in total. The molecule has 2 aromatic carbocycles. The summed E-state index contributed by atoms with van der Waals surface area (Å²) in [5, 5.41) is 0. The van der Waals surface area contributed by atoms with Crippen LogP contribution in [0.25, 0.3) is 11.1 Å². The van der Waals surface area contributed by atoms with Crippen LogP contribution in [0, 0.1) is 0 Å². The smallest absolute Gasteiger partial charge is 0.106 e. The van der Waals surface area contributed by atoms with Crippen LogP contribution in [0.5, 0.6) is 0 Å². The molecule has 0 unspecified atom stereocenters. The molecule has 0 amide bonds. The molecule has 0 saturated carbocycles. The Balaban J connectivity index is 1.69. The van der Waals surface area contributed by atoms with E-state index in [0.29, 0.717) is 13.2 Å². The van der Waals surface area contributed by atoms with Crippen molar-refractivity contribution < 1.29 is 9.47 Å². The van der Waals surface area contributed by atoms with Gasteiger partial charge in [0.1, 0.15) is 6.10 Å². The summed E-state index contributed by atoms with van der Waals surface area (Å²) in [6.45, 7) is 5.66. The molecule has 1 aliphatic rings. The van der Waals surface area contributed by atoms with Crippen molar-refractivity contribution in [3.63, 3.8) is 0 Å². The van der Waals surface area contributed by atoms with Gasteiger partial charge in [-0.25, -0.2) is 0 Å². The Morgan fingerprint density at radius 3 is 1.95 bits per heavy atom. The number of hydrogen-bond acceptors (Lipinski definition) is 2. The summed E-state index contributed by atoms with van der Waals surface area (Å²) in [6.07, 6.45) is 2.42. The maximum absolute atomic E-state index is 5.92. The zero-order chi connectivity index (χ0) is 15.4. The molecule has 2 atom stereocenters. The third-order valence-electron chi connectivity index (χ3n) is 4.40. The molecule has 0 bridgehead atoms. The predicted molar refractivity (Wildman–Crippen MR) is 90.0 cm³/mol. The van der Waals surface area contributed by atoms with E-state index in [2.05, 4.69) is 62.4 Å². The summed E-state index contributed by atoms with van der Waals surface area (Å²) >= 11 is 0. The maximum Gasteiger partial charge on any atom is 0.106 e. The van der Waals surface area contributed by atoms with Gasteiger partial charge in [-0.2, -0.15) is 0 Å². The van der Waals surface area contributed by atoms with Crippen molar-refractivity contribution in [2.75, 3.05) is 13.2 Å². The molecule has 22 heavy (non-hydrogen) atoms. The van der Waals surface area contributed by atoms with Crippen molar-refractivity contribution in [2.24, 2.45) is 0 Å². The van der Waals surface area contributed by atoms with Crippen LogP contribution in [0.1, 0.15) is 37.5 Å². The number of benzene rings is 2. The molecule has 2 heteroatoms. The van der Waals surface area contributed by atoms with Gasteiger partial charge in [-0.3, -0.25) is 0 Å². The van der Waals surface area contributed by atoms with Crippen molar-refractivity contribution in [3.05, 3.63) is 59.7 Å². The highest BCUT2D eigenvalue weighted by atomic mass is 16.6. The zero-order valence-electron chi connectivity index (χ0n) is 13.4. The Morgan fingerprint density at radius 1 is 0.818 bits per heavy atom. The van der Waals surface area contributed by atoms with E-state index in [1.165, 1.54) is 22.3 Å². The van der Waals surface area contributed by atoms with Gasteiger partial charge in [0, 0.05) is 0 Å². The van der Waals surface area contributed by atoms with Gasteiger partial charge in [0.15, 0.2) is 0 Å². The summed E-state index contributed by atoms with van der Waals surface area (Å²) in [4.78, 5) is 0. The lowest BCUT2D eigenvalue weighted by atomic mass is 10.00. The fraction of sp³-hybridized carbons (Fsp3) is 0.400. The highest BCUT2D eigenvalue weighted by Gasteiger charge is 2.22. The van der Waals surface area contributed by atoms with Gasteiger partial charge in [0.2, 0.25) is 0 Å². The van der Waals surface area contributed by atoms with Crippen LogP contribution in [0.4, 0.5) is 0 Å². The van der Waals surface area contributed by atoms with Crippen molar-refractivity contribution in [1.29, 1.82) is 0 Å². The van der Waals surface area contributed by atoms with Crippen molar-refractivity contribution in [3.8, 4) is 11.1 Å². The lowest BCUT2D eigenvalue weighted by Crippen LogP contribution is -2.30. The lowest BCUT2D eigenvalue weighted by molar-refractivity contribution is -0.135. The van der Waals surface area contributed by atoms with Crippen LogP contribution in [0.15, 0.2) is 48.5 Å². The molecule has 1 heterocycles. The molecule has 0 radical (unpaired) electrons. The minimum absolute atomic E-state index is 0.0688. The van der Waals surface area contributed by atoms with Crippen LogP contribution in [-0.4, -0.2) is 19.3 Å². The van der Waals surface area contributed by atoms with Crippen LogP contribution < -0.4 is 0 Å². The molecule has 1 aliphatic heterocycles. The standard InChI is InChI=1S/C20H24O2/c1-3-15-5-7-16(8-6-15)17-9-11-18(12-10-17)20-14-21-19(4-2)13-22-20/h5-12,19-20H,3-4,13-14H2,1-2H3/t19-,20-/m1/s1. The first-order chi connectivity index (χ1) is 10.8. The fourth-order valence-corrected chi connectivity index (χ4v) is 2.79. The summed E-state index contributed by atoms with van der Waals surface area (Å²) in [6, 6.07) is 17.4. The van der Waals surface area contributed by atoms with E-state index >= 15 is 0 Å². The monoisotopic (exact) mass is 296 g/mol. The molecule has 0 aliphatic carbocycles. The van der Waals surface area contributed by atoms with E-state index in [-0.39, 0.29) is 12.2 Å². The largest absolute Gasteiger partial charge is 0.373 e. The maximum atomic E-state index is 5.92. The van der Waals surface area contributed by atoms with Gasteiger partial charge in [0.25, 0.3) is 0 Å². The van der Waals surface area contributed by atoms with Crippen LogP contribution in [0.2, 0.25) is 0 Å². The van der Waals surface area contributed by atoms with E-state index in [0.717, 1.165) is 12.8 Å². The summed E-state index contributed by atoms with van der Waals surface area (Å²) in [7, 11) is 0. The Kier molecular flexibility index (Phi) is 4.91. The second-order valence-electron chi connectivity index (χ2n) is 5.86. The Bertz CT molecular complexity index is 578.